The summed E-state index contributed by atoms with van der Waals surface area (Å²) in [5.74, 6) is -0.638. The highest BCUT2D eigenvalue weighted by molar-refractivity contribution is 5.85. The first kappa shape index (κ1) is 12.4. The fourth-order valence-corrected chi connectivity index (χ4v) is 3.18. The summed E-state index contributed by atoms with van der Waals surface area (Å²) in [5.41, 5.74) is 0. The molecule has 1 amide bonds. The number of carboxylic acids is 1. The van der Waals surface area contributed by atoms with Gasteiger partial charge in [0.1, 0.15) is 0 Å². The van der Waals surface area contributed by atoms with Crippen LogP contribution in [0.5, 0.6) is 0 Å². The van der Waals surface area contributed by atoms with Crippen LogP contribution in [-0.2, 0) is 9.59 Å². The maximum atomic E-state index is 12.0. The molecule has 2 rings (SSSR count). The van der Waals surface area contributed by atoms with Crippen molar-refractivity contribution in [1.82, 2.24) is 5.32 Å². The molecule has 0 saturated heterocycles. The maximum absolute atomic E-state index is 12.0. The number of hydrogen-bond acceptors (Lipinski definition) is 2. The Hall–Kier alpha value is -1.06. The molecule has 96 valence electrons. The third-order valence-corrected chi connectivity index (χ3v) is 4.17. The van der Waals surface area contributed by atoms with Crippen molar-refractivity contribution in [3.63, 3.8) is 0 Å². The van der Waals surface area contributed by atoms with E-state index in [1.165, 1.54) is 0 Å². The molecule has 0 aromatic carbocycles. The second-order valence-electron chi connectivity index (χ2n) is 5.91. The highest BCUT2D eigenvalue weighted by atomic mass is 16.4. The summed E-state index contributed by atoms with van der Waals surface area (Å²) in [4.78, 5) is 23.1. The van der Waals surface area contributed by atoms with Gasteiger partial charge in [-0.2, -0.15) is 0 Å². The Morgan fingerprint density at radius 1 is 1.00 bits per heavy atom. The monoisotopic (exact) mass is 239 g/mol. The van der Waals surface area contributed by atoms with Gasteiger partial charge in [0.25, 0.3) is 0 Å². The van der Waals surface area contributed by atoms with E-state index in [2.05, 4.69) is 12.2 Å². The zero-order valence-electron chi connectivity index (χ0n) is 10.5. The molecule has 0 aromatic heterocycles. The first-order valence-electron chi connectivity index (χ1n) is 6.50. The largest absolute Gasteiger partial charge is 0.481 e. The second kappa shape index (κ2) is 4.67. The fourth-order valence-electron chi connectivity index (χ4n) is 3.18. The molecule has 0 spiro atoms. The minimum atomic E-state index is -0.823. The summed E-state index contributed by atoms with van der Waals surface area (Å²) in [6.45, 7) is 4.19. The molecule has 17 heavy (non-hydrogen) atoms. The highest BCUT2D eigenvalue weighted by Gasteiger charge is 2.42. The number of carbonyl (C=O) groups is 2. The van der Waals surface area contributed by atoms with Crippen LogP contribution in [0.2, 0.25) is 0 Å². The van der Waals surface area contributed by atoms with Crippen molar-refractivity contribution in [2.75, 3.05) is 0 Å². The predicted molar refractivity (Wildman–Crippen MR) is 63.3 cm³/mol. The van der Waals surface area contributed by atoms with E-state index in [9.17, 15) is 9.59 Å². The number of carboxylic acid groups (broad SMARTS) is 1. The molecular formula is C13H21NO3. The lowest BCUT2D eigenvalue weighted by molar-refractivity contribution is -0.146. The van der Waals surface area contributed by atoms with Crippen LogP contribution >= 0.6 is 0 Å². The van der Waals surface area contributed by atoms with Gasteiger partial charge < -0.3 is 10.4 Å². The van der Waals surface area contributed by atoms with Gasteiger partial charge in [-0.05, 0) is 37.5 Å². The number of hydrogen-bond donors (Lipinski definition) is 2. The Balaban J connectivity index is 1.91. The molecule has 2 aliphatic rings. The van der Waals surface area contributed by atoms with Crippen LogP contribution in [0.3, 0.4) is 0 Å². The zero-order chi connectivity index (χ0) is 12.6. The fraction of sp³-hybridized carbons (Fsp3) is 0.846. The van der Waals surface area contributed by atoms with Crippen molar-refractivity contribution in [3.8, 4) is 0 Å². The van der Waals surface area contributed by atoms with Gasteiger partial charge >= 0.3 is 5.97 Å². The Bertz CT molecular complexity index is 323. The van der Waals surface area contributed by atoms with Gasteiger partial charge in [-0.3, -0.25) is 9.59 Å². The lowest BCUT2D eigenvalue weighted by atomic mass is 9.81. The number of carbonyl (C=O) groups excluding carboxylic acids is 1. The molecule has 0 aromatic rings. The third kappa shape index (κ3) is 2.61. The molecule has 3 unspecified atom stereocenters. The summed E-state index contributed by atoms with van der Waals surface area (Å²) < 4.78 is 0. The van der Waals surface area contributed by atoms with Crippen LogP contribution < -0.4 is 5.32 Å². The van der Waals surface area contributed by atoms with Gasteiger partial charge in [-0.25, -0.2) is 0 Å². The minimum absolute atomic E-state index is 0.0429. The first-order chi connectivity index (χ1) is 7.97. The quantitative estimate of drug-likeness (QED) is 0.787. The summed E-state index contributed by atoms with van der Waals surface area (Å²) >= 11 is 0. The number of nitrogens with one attached hydrogen (secondary N) is 1. The van der Waals surface area contributed by atoms with E-state index < -0.39 is 11.9 Å². The third-order valence-electron chi connectivity index (χ3n) is 4.17. The van der Waals surface area contributed by atoms with Gasteiger partial charge in [0.15, 0.2) is 0 Å². The van der Waals surface area contributed by atoms with Gasteiger partial charge in [0.05, 0.1) is 11.8 Å². The summed E-state index contributed by atoms with van der Waals surface area (Å²) in [6, 6.07) is 0.280. The summed E-state index contributed by atoms with van der Waals surface area (Å²) in [6.07, 6.45) is 3.41. The molecule has 4 heteroatoms. The van der Waals surface area contributed by atoms with Crippen LogP contribution in [0.4, 0.5) is 0 Å². The molecule has 2 fully saturated rings. The first-order valence-corrected chi connectivity index (χ1v) is 6.50. The van der Waals surface area contributed by atoms with Gasteiger partial charge in [0, 0.05) is 6.04 Å². The summed E-state index contributed by atoms with van der Waals surface area (Å²) in [5, 5.41) is 12.1. The van der Waals surface area contributed by atoms with Crippen LogP contribution in [0.1, 0.15) is 39.5 Å². The topological polar surface area (TPSA) is 66.4 Å². The van der Waals surface area contributed by atoms with Crippen molar-refractivity contribution in [3.05, 3.63) is 0 Å². The Labute approximate surface area is 102 Å². The van der Waals surface area contributed by atoms with Gasteiger partial charge in [-0.1, -0.05) is 13.8 Å². The number of amides is 1. The minimum Gasteiger partial charge on any atom is -0.481 e. The Kier molecular flexibility index (Phi) is 3.40. The standard InChI is InChI=1S/C13H21NO3/c1-7-3-9(4-7)14-12(15)10-5-8(2)6-11(10)13(16)17/h7-11H,3-6H2,1-2H3,(H,14,15)(H,16,17). The van der Waals surface area contributed by atoms with Crippen LogP contribution in [0, 0.1) is 23.7 Å². The number of aliphatic carboxylic acids is 1. The normalized spacial score (nSPS) is 40.7. The molecule has 0 bridgehead atoms. The lowest BCUT2D eigenvalue weighted by Crippen LogP contribution is -2.47. The molecule has 0 heterocycles. The van der Waals surface area contributed by atoms with Crippen molar-refractivity contribution >= 4 is 11.9 Å². The molecule has 0 radical (unpaired) electrons. The van der Waals surface area contributed by atoms with E-state index in [1.807, 2.05) is 6.92 Å². The molecule has 4 nitrogen and oxygen atoms in total. The second-order valence-corrected chi connectivity index (χ2v) is 5.91. The van der Waals surface area contributed by atoms with Crippen molar-refractivity contribution < 1.29 is 14.7 Å². The Morgan fingerprint density at radius 3 is 2.06 bits per heavy atom. The smallest absolute Gasteiger partial charge is 0.307 e. The van der Waals surface area contributed by atoms with Crippen molar-refractivity contribution in [2.24, 2.45) is 23.7 Å². The molecule has 2 N–H and O–H groups in total. The van der Waals surface area contributed by atoms with Gasteiger partial charge in [-0.15, -0.1) is 0 Å². The molecular weight excluding hydrogens is 218 g/mol. The summed E-state index contributed by atoms with van der Waals surface area (Å²) in [7, 11) is 0. The average Bonchev–Trinajstić information content (AvgIpc) is 2.58. The molecule has 3 atom stereocenters. The van der Waals surface area contributed by atoms with Gasteiger partial charge in [0.2, 0.25) is 5.91 Å². The van der Waals surface area contributed by atoms with Crippen LogP contribution in [0.25, 0.3) is 0 Å². The van der Waals surface area contributed by atoms with E-state index in [4.69, 9.17) is 5.11 Å². The van der Waals surface area contributed by atoms with Crippen LogP contribution in [-0.4, -0.2) is 23.0 Å². The van der Waals surface area contributed by atoms with Crippen molar-refractivity contribution in [2.45, 2.75) is 45.6 Å². The highest BCUT2D eigenvalue weighted by Crippen LogP contribution is 2.37. The molecule has 2 saturated carbocycles. The SMILES string of the molecule is CC1CC(NC(=O)C2CC(C)CC2C(=O)O)C1. The molecule has 2 aliphatic carbocycles. The zero-order valence-corrected chi connectivity index (χ0v) is 10.5. The van der Waals surface area contributed by atoms with Crippen molar-refractivity contribution in [1.29, 1.82) is 0 Å². The Morgan fingerprint density at radius 2 is 1.53 bits per heavy atom. The number of rotatable bonds is 3. The van der Waals surface area contributed by atoms with E-state index in [0.717, 1.165) is 12.8 Å². The van der Waals surface area contributed by atoms with Crippen LogP contribution in [0.15, 0.2) is 0 Å². The maximum Gasteiger partial charge on any atom is 0.307 e. The lowest BCUT2D eigenvalue weighted by Gasteiger charge is -2.34. The van der Waals surface area contributed by atoms with E-state index >= 15 is 0 Å². The average molecular weight is 239 g/mol. The molecule has 0 aliphatic heterocycles. The van der Waals surface area contributed by atoms with E-state index in [-0.39, 0.29) is 17.9 Å². The predicted octanol–water partition coefficient (Wildman–Crippen LogP) is 1.65. The van der Waals surface area contributed by atoms with E-state index in [1.54, 1.807) is 0 Å². The van der Waals surface area contributed by atoms with E-state index in [0.29, 0.717) is 24.7 Å².